The first-order valence-electron chi connectivity index (χ1n) is 8.28. The third-order valence-electron chi connectivity index (χ3n) is 4.23. The zero-order chi connectivity index (χ0) is 17.7. The van der Waals surface area contributed by atoms with Gasteiger partial charge in [0.1, 0.15) is 5.25 Å². The zero-order valence-electron chi connectivity index (χ0n) is 14.3. The predicted octanol–water partition coefficient (Wildman–Crippen LogP) is 3.04. The zero-order valence-corrected chi connectivity index (χ0v) is 15.1. The highest BCUT2D eigenvalue weighted by molar-refractivity contribution is 8.00. The van der Waals surface area contributed by atoms with Crippen LogP contribution in [0.1, 0.15) is 37.6 Å². The number of rotatable bonds is 7. The van der Waals surface area contributed by atoms with Crippen LogP contribution in [-0.4, -0.2) is 41.5 Å². The van der Waals surface area contributed by atoms with Crippen molar-refractivity contribution in [1.29, 1.82) is 0 Å². The van der Waals surface area contributed by atoms with E-state index in [1.807, 2.05) is 6.07 Å². The van der Waals surface area contributed by atoms with Gasteiger partial charge in [-0.1, -0.05) is 26.0 Å². The number of ether oxygens (including phenoxy) is 1. The number of aliphatic carboxylic acids is 1. The van der Waals surface area contributed by atoms with Gasteiger partial charge in [0.25, 0.3) is 5.91 Å². The van der Waals surface area contributed by atoms with Gasteiger partial charge in [-0.15, -0.1) is 11.8 Å². The van der Waals surface area contributed by atoms with Crippen LogP contribution in [0.5, 0.6) is 0 Å². The average molecular weight is 351 g/mol. The number of hydrogen-bond acceptors (Lipinski definition) is 4. The second-order valence-corrected chi connectivity index (χ2v) is 7.82. The van der Waals surface area contributed by atoms with E-state index in [0.29, 0.717) is 28.8 Å². The van der Waals surface area contributed by atoms with Gasteiger partial charge in [0.05, 0.1) is 11.7 Å². The number of benzene rings is 1. The largest absolute Gasteiger partial charge is 0.480 e. The van der Waals surface area contributed by atoms with Crippen LogP contribution in [0.15, 0.2) is 29.2 Å². The number of carbonyl (C=O) groups excluding carboxylic acids is 1. The van der Waals surface area contributed by atoms with Crippen LogP contribution in [0.3, 0.4) is 0 Å². The highest BCUT2D eigenvalue weighted by Crippen LogP contribution is 2.28. The SMILES string of the molecule is CC(Sc1ccccc1C(=O)NCC1CCOC1C(C)C)C(=O)O. The fraction of sp³-hybridized carbons (Fsp3) is 0.556. The van der Waals surface area contributed by atoms with Crippen LogP contribution in [0, 0.1) is 11.8 Å². The van der Waals surface area contributed by atoms with Crippen molar-refractivity contribution < 1.29 is 19.4 Å². The van der Waals surface area contributed by atoms with Gasteiger partial charge in [0, 0.05) is 24.0 Å². The molecule has 1 aromatic carbocycles. The first kappa shape index (κ1) is 18.8. The first-order chi connectivity index (χ1) is 11.4. The summed E-state index contributed by atoms with van der Waals surface area (Å²) in [7, 11) is 0. The Labute approximate surface area is 147 Å². The molecule has 1 aliphatic heterocycles. The molecular formula is C18H25NO4S. The van der Waals surface area contributed by atoms with Gasteiger partial charge in [-0.3, -0.25) is 9.59 Å². The maximum Gasteiger partial charge on any atom is 0.316 e. The molecule has 0 radical (unpaired) electrons. The molecule has 0 aromatic heterocycles. The number of amides is 1. The summed E-state index contributed by atoms with van der Waals surface area (Å²) < 4.78 is 5.75. The maximum atomic E-state index is 12.5. The van der Waals surface area contributed by atoms with E-state index < -0.39 is 11.2 Å². The van der Waals surface area contributed by atoms with E-state index in [9.17, 15) is 9.59 Å². The smallest absolute Gasteiger partial charge is 0.316 e. The van der Waals surface area contributed by atoms with Crippen molar-refractivity contribution in [3.63, 3.8) is 0 Å². The number of hydrogen-bond donors (Lipinski definition) is 2. The highest BCUT2D eigenvalue weighted by atomic mass is 32.2. The number of thioether (sulfide) groups is 1. The molecule has 0 spiro atoms. The number of carbonyl (C=O) groups is 2. The second-order valence-electron chi connectivity index (χ2n) is 6.43. The summed E-state index contributed by atoms with van der Waals surface area (Å²) in [6.07, 6.45) is 1.14. The first-order valence-corrected chi connectivity index (χ1v) is 9.16. The molecule has 132 valence electrons. The monoisotopic (exact) mass is 351 g/mol. The van der Waals surface area contributed by atoms with E-state index in [4.69, 9.17) is 9.84 Å². The standard InChI is InChI=1S/C18H25NO4S/c1-11(2)16-13(8-9-23-16)10-19-17(20)14-6-4-5-7-15(14)24-12(3)18(21)22/h4-7,11-13,16H,8-10H2,1-3H3,(H,19,20)(H,21,22). The van der Waals surface area contributed by atoms with E-state index >= 15 is 0 Å². The van der Waals surface area contributed by atoms with Crippen molar-refractivity contribution in [3.05, 3.63) is 29.8 Å². The third-order valence-corrected chi connectivity index (χ3v) is 5.39. The predicted molar refractivity (Wildman–Crippen MR) is 94.4 cm³/mol. The molecule has 6 heteroatoms. The molecule has 1 heterocycles. The molecule has 1 saturated heterocycles. The van der Waals surface area contributed by atoms with Gasteiger partial charge in [0.2, 0.25) is 0 Å². The minimum absolute atomic E-state index is 0.162. The van der Waals surface area contributed by atoms with Crippen molar-refractivity contribution in [3.8, 4) is 0 Å². The van der Waals surface area contributed by atoms with Crippen molar-refractivity contribution >= 4 is 23.6 Å². The summed E-state index contributed by atoms with van der Waals surface area (Å²) in [6.45, 7) is 7.19. The summed E-state index contributed by atoms with van der Waals surface area (Å²) in [6, 6.07) is 7.12. The molecule has 1 aliphatic rings. The Balaban J connectivity index is 2.01. The lowest BCUT2D eigenvalue weighted by molar-refractivity contribution is -0.136. The molecule has 0 aliphatic carbocycles. The minimum atomic E-state index is -0.891. The van der Waals surface area contributed by atoms with Crippen molar-refractivity contribution in [2.24, 2.45) is 11.8 Å². The van der Waals surface area contributed by atoms with Crippen molar-refractivity contribution in [2.75, 3.05) is 13.2 Å². The molecule has 5 nitrogen and oxygen atoms in total. The Morgan fingerprint density at radius 2 is 2.04 bits per heavy atom. The van der Waals surface area contributed by atoms with Gasteiger partial charge >= 0.3 is 5.97 Å². The van der Waals surface area contributed by atoms with Crippen LogP contribution in [-0.2, 0) is 9.53 Å². The van der Waals surface area contributed by atoms with Crippen molar-refractivity contribution in [1.82, 2.24) is 5.32 Å². The van der Waals surface area contributed by atoms with E-state index in [1.165, 1.54) is 11.8 Å². The van der Waals surface area contributed by atoms with Crippen LogP contribution < -0.4 is 5.32 Å². The molecule has 24 heavy (non-hydrogen) atoms. The molecule has 0 saturated carbocycles. The minimum Gasteiger partial charge on any atom is -0.480 e. The van der Waals surface area contributed by atoms with Crippen LogP contribution in [0.25, 0.3) is 0 Å². The summed E-state index contributed by atoms with van der Waals surface area (Å²) in [5.74, 6) is -0.302. The Bertz CT molecular complexity index is 590. The fourth-order valence-corrected chi connectivity index (χ4v) is 3.85. The molecule has 1 fully saturated rings. The van der Waals surface area contributed by atoms with E-state index in [0.717, 1.165) is 13.0 Å². The van der Waals surface area contributed by atoms with Gasteiger partial charge in [-0.05, 0) is 31.4 Å². The fourth-order valence-electron chi connectivity index (χ4n) is 2.93. The topological polar surface area (TPSA) is 75.6 Å². The van der Waals surface area contributed by atoms with E-state index in [2.05, 4.69) is 19.2 Å². The Morgan fingerprint density at radius 3 is 2.71 bits per heavy atom. The highest BCUT2D eigenvalue weighted by Gasteiger charge is 2.31. The van der Waals surface area contributed by atoms with Crippen LogP contribution in [0.4, 0.5) is 0 Å². The molecule has 2 N–H and O–H groups in total. The maximum absolute atomic E-state index is 12.5. The summed E-state index contributed by atoms with van der Waals surface area (Å²) in [4.78, 5) is 24.3. The molecular weight excluding hydrogens is 326 g/mol. The van der Waals surface area contributed by atoms with E-state index in [1.54, 1.807) is 25.1 Å². The molecule has 0 bridgehead atoms. The molecule has 1 amide bonds. The van der Waals surface area contributed by atoms with Crippen molar-refractivity contribution in [2.45, 2.75) is 43.4 Å². The van der Waals surface area contributed by atoms with E-state index in [-0.39, 0.29) is 12.0 Å². The number of carboxylic acids is 1. The van der Waals surface area contributed by atoms with Gasteiger partial charge < -0.3 is 15.2 Å². The van der Waals surface area contributed by atoms with Gasteiger partial charge in [-0.2, -0.15) is 0 Å². The van der Waals surface area contributed by atoms with Gasteiger partial charge in [0.15, 0.2) is 0 Å². The summed E-state index contributed by atoms with van der Waals surface area (Å²) in [5, 5.41) is 11.5. The Kier molecular flexibility index (Phi) is 6.69. The lowest BCUT2D eigenvalue weighted by Crippen LogP contribution is -2.35. The molecule has 3 unspecified atom stereocenters. The normalized spacial score (nSPS) is 21.7. The van der Waals surface area contributed by atoms with Crippen LogP contribution in [0.2, 0.25) is 0 Å². The Morgan fingerprint density at radius 1 is 1.33 bits per heavy atom. The molecule has 1 aromatic rings. The third kappa shape index (κ3) is 4.74. The van der Waals surface area contributed by atoms with Crippen LogP contribution >= 0.6 is 11.8 Å². The Hall–Kier alpha value is -1.53. The van der Waals surface area contributed by atoms with Gasteiger partial charge in [-0.25, -0.2) is 0 Å². The number of nitrogens with one attached hydrogen (secondary N) is 1. The molecule has 3 atom stereocenters. The quantitative estimate of drug-likeness (QED) is 0.739. The summed E-state index contributed by atoms with van der Waals surface area (Å²) >= 11 is 1.19. The summed E-state index contributed by atoms with van der Waals surface area (Å²) in [5.41, 5.74) is 0.524. The second kappa shape index (κ2) is 8.53. The number of carboxylic acid groups (broad SMARTS) is 1. The lowest BCUT2D eigenvalue weighted by atomic mass is 9.93. The lowest BCUT2D eigenvalue weighted by Gasteiger charge is -2.22. The average Bonchev–Trinajstić information content (AvgIpc) is 3.01. The molecule has 2 rings (SSSR count).